The van der Waals surface area contributed by atoms with Crippen molar-refractivity contribution in [3.8, 4) is 0 Å². The summed E-state index contributed by atoms with van der Waals surface area (Å²) < 4.78 is 10.7. The number of para-hydroxylation sites is 1. The maximum Gasteiger partial charge on any atom is 0.227 e. The minimum absolute atomic E-state index is 0. The van der Waals surface area contributed by atoms with Crippen LogP contribution in [0.1, 0.15) is 24.8 Å². The summed E-state index contributed by atoms with van der Waals surface area (Å²) >= 11 is 0. The average molecular weight is 530 g/mol. The quantitative estimate of drug-likeness (QED) is 0.230. The smallest absolute Gasteiger partial charge is 0.227 e. The molecule has 2 aliphatic heterocycles. The van der Waals surface area contributed by atoms with Gasteiger partial charge in [0.2, 0.25) is 5.91 Å². The van der Waals surface area contributed by atoms with Crippen LogP contribution in [0.4, 0.5) is 5.69 Å². The highest BCUT2D eigenvalue weighted by molar-refractivity contribution is 14.0. The van der Waals surface area contributed by atoms with E-state index in [4.69, 9.17) is 9.47 Å². The van der Waals surface area contributed by atoms with Crippen LogP contribution in [-0.2, 0) is 20.7 Å². The number of halogens is 1. The van der Waals surface area contributed by atoms with Crippen molar-refractivity contribution in [1.82, 2.24) is 10.2 Å². The number of nitrogens with zero attached hydrogens (tertiary/aromatic N) is 3. The fourth-order valence-electron chi connectivity index (χ4n) is 4.06. The second kappa shape index (κ2) is 13.1. The van der Waals surface area contributed by atoms with Crippen molar-refractivity contribution >= 4 is 41.5 Å². The van der Waals surface area contributed by atoms with E-state index in [2.05, 4.69) is 21.3 Å². The van der Waals surface area contributed by atoms with E-state index in [9.17, 15) is 4.79 Å². The molecule has 30 heavy (non-hydrogen) atoms. The number of aliphatic imine (C=N–C) groups is 1. The van der Waals surface area contributed by atoms with E-state index < -0.39 is 0 Å². The highest BCUT2D eigenvalue weighted by Crippen LogP contribution is 2.28. The number of anilines is 1. The maximum absolute atomic E-state index is 12.6. The first-order chi connectivity index (χ1) is 14.2. The molecule has 1 amide bonds. The SMILES string of the molecule is CN=C(NCCCC(=O)N1CCc2ccccc21)N1CCC(COCCOC)C1.I. The molecular formula is C22H35IN4O3. The minimum Gasteiger partial charge on any atom is -0.382 e. The molecule has 168 valence electrons. The van der Waals surface area contributed by atoms with Gasteiger partial charge in [0.25, 0.3) is 0 Å². The number of benzene rings is 1. The first kappa shape index (κ1) is 24.9. The zero-order chi connectivity index (χ0) is 20.5. The van der Waals surface area contributed by atoms with Gasteiger partial charge in [0.15, 0.2) is 5.96 Å². The number of guanidine groups is 1. The van der Waals surface area contributed by atoms with Crippen molar-refractivity contribution in [1.29, 1.82) is 0 Å². The van der Waals surface area contributed by atoms with E-state index in [0.29, 0.717) is 25.6 Å². The molecular weight excluding hydrogens is 495 g/mol. The van der Waals surface area contributed by atoms with Crippen molar-refractivity contribution in [2.75, 3.05) is 65.1 Å². The van der Waals surface area contributed by atoms with Gasteiger partial charge in [-0.1, -0.05) is 18.2 Å². The lowest BCUT2D eigenvalue weighted by Crippen LogP contribution is -2.41. The molecule has 2 aliphatic rings. The van der Waals surface area contributed by atoms with Gasteiger partial charge in [-0.2, -0.15) is 0 Å². The third kappa shape index (κ3) is 6.81. The third-order valence-corrected chi connectivity index (χ3v) is 5.62. The Bertz CT molecular complexity index is 701. The second-order valence-electron chi connectivity index (χ2n) is 7.67. The zero-order valence-electron chi connectivity index (χ0n) is 18.1. The van der Waals surface area contributed by atoms with Crippen LogP contribution < -0.4 is 10.2 Å². The van der Waals surface area contributed by atoms with Crippen molar-refractivity contribution < 1.29 is 14.3 Å². The van der Waals surface area contributed by atoms with Gasteiger partial charge < -0.3 is 24.6 Å². The Kier molecular flexibility index (Phi) is 10.9. The number of hydrogen-bond donors (Lipinski definition) is 1. The Morgan fingerprint density at radius 1 is 1.27 bits per heavy atom. The molecule has 8 heteroatoms. The van der Waals surface area contributed by atoms with Crippen LogP contribution in [-0.4, -0.2) is 76.9 Å². The van der Waals surface area contributed by atoms with E-state index in [1.54, 1.807) is 7.11 Å². The molecule has 1 saturated heterocycles. The predicted octanol–water partition coefficient (Wildman–Crippen LogP) is 2.53. The van der Waals surface area contributed by atoms with Crippen LogP contribution in [0.3, 0.4) is 0 Å². The monoisotopic (exact) mass is 530 g/mol. The summed E-state index contributed by atoms with van der Waals surface area (Å²) in [5, 5.41) is 3.42. The van der Waals surface area contributed by atoms with Gasteiger partial charge >= 0.3 is 0 Å². The van der Waals surface area contributed by atoms with E-state index in [0.717, 1.165) is 63.7 Å². The first-order valence-electron chi connectivity index (χ1n) is 10.6. The largest absolute Gasteiger partial charge is 0.382 e. The Labute approximate surface area is 197 Å². The van der Waals surface area contributed by atoms with Crippen molar-refractivity contribution in [3.05, 3.63) is 29.8 Å². The third-order valence-electron chi connectivity index (χ3n) is 5.62. The Morgan fingerprint density at radius 3 is 2.90 bits per heavy atom. The van der Waals surface area contributed by atoms with Gasteiger partial charge in [-0.15, -0.1) is 24.0 Å². The fourth-order valence-corrected chi connectivity index (χ4v) is 4.06. The molecule has 7 nitrogen and oxygen atoms in total. The Morgan fingerprint density at radius 2 is 2.10 bits per heavy atom. The van der Waals surface area contributed by atoms with Crippen LogP contribution in [0.25, 0.3) is 0 Å². The van der Waals surface area contributed by atoms with Gasteiger partial charge in [0, 0.05) is 58.4 Å². The number of carbonyl (C=O) groups is 1. The molecule has 0 bridgehead atoms. The predicted molar refractivity (Wildman–Crippen MR) is 131 cm³/mol. The fraction of sp³-hybridized carbons (Fsp3) is 0.636. The molecule has 0 aromatic heterocycles. The highest BCUT2D eigenvalue weighted by atomic mass is 127. The number of likely N-dealkylation sites (tertiary alicyclic amines) is 1. The second-order valence-corrected chi connectivity index (χ2v) is 7.67. The summed E-state index contributed by atoms with van der Waals surface area (Å²) in [6.07, 6.45) is 3.42. The molecule has 0 spiro atoms. The van der Waals surface area contributed by atoms with Crippen LogP contribution in [0.2, 0.25) is 0 Å². The van der Waals surface area contributed by atoms with Gasteiger partial charge in [0.1, 0.15) is 0 Å². The summed E-state index contributed by atoms with van der Waals surface area (Å²) in [5.41, 5.74) is 2.35. The number of amides is 1. The van der Waals surface area contributed by atoms with E-state index >= 15 is 0 Å². The number of methoxy groups -OCH3 is 1. The average Bonchev–Trinajstić information content (AvgIpc) is 3.38. The van der Waals surface area contributed by atoms with Crippen molar-refractivity contribution in [3.63, 3.8) is 0 Å². The number of carbonyl (C=O) groups excluding carboxylic acids is 1. The van der Waals surface area contributed by atoms with Crippen LogP contribution >= 0.6 is 24.0 Å². The number of fused-ring (bicyclic) bond motifs is 1. The normalized spacial score (nSPS) is 18.3. The zero-order valence-corrected chi connectivity index (χ0v) is 20.5. The molecule has 1 fully saturated rings. The summed E-state index contributed by atoms with van der Waals surface area (Å²) in [4.78, 5) is 21.2. The molecule has 0 aliphatic carbocycles. The molecule has 1 aromatic rings. The van der Waals surface area contributed by atoms with Crippen LogP contribution in [0.5, 0.6) is 0 Å². The minimum atomic E-state index is 0. The van der Waals surface area contributed by atoms with Gasteiger partial charge in [0.05, 0.1) is 19.8 Å². The lowest BCUT2D eigenvalue weighted by Gasteiger charge is -2.22. The summed E-state index contributed by atoms with van der Waals surface area (Å²) in [5.74, 6) is 1.66. The van der Waals surface area contributed by atoms with Crippen LogP contribution in [0.15, 0.2) is 29.3 Å². The molecule has 1 atom stereocenters. The van der Waals surface area contributed by atoms with Crippen molar-refractivity contribution in [2.45, 2.75) is 25.7 Å². The molecule has 3 rings (SSSR count). The molecule has 1 unspecified atom stereocenters. The molecule has 1 N–H and O–H groups in total. The summed E-state index contributed by atoms with van der Waals surface area (Å²) in [7, 11) is 3.50. The molecule has 0 radical (unpaired) electrons. The van der Waals surface area contributed by atoms with Gasteiger partial charge in [-0.05, 0) is 30.9 Å². The van der Waals surface area contributed by atoms with Crippen molar-refractivity contribution in [2.24, 2.45) is 10.9 Å². The first-order valence-corrected chi connectivity index (χ1v) is 10.6. The number of nitrogens with one attached hydrogen (secondary N) is 1. The van der Waals surface area contributed by atoms with E-state index in [1.165, 1.54) is 5.56 Å². The van der Waals surface area contributed by atoms with E-state index in [-0.39, 0.29) is 29.9 Å². The Balaban J connectivity index is 0.00000320. The van der Waals surface area contributed by atoms with Crippen LogP contribution in [0, 0.1) is 5.92 Å². The summed E-state index contributed by atoms with van der Waals surface area (Å²) in [6, 6.07) is 8.20. The van der Waals surface area contributed by atoms with E-state index in [1.807, 2.05) is 30.1 Å². The lowest BCUT2D eigenvalue weighted by molar-refractivity contribution is -0.118. The Hall–Kier alpha value is -1.39. The molecule has 2 heterocycles. The van der Waals surface area contributed by atoms with Gasteiger partial charge in [-0.25, -0.2) is 0 Å². The molecule has 0 saturated carbocycles. The topological polar surface area (TPSA) is 66.4 Å². The maximum atomic E-state index is 12.6. The number of rotatable bonds is 9. The van der Waals surface area contributed by atoms with Gasteiger partial charge in [-0.3, -0.25) is 9.79 Å². The summed E-state index contributed by atoms with van der Waals surface area (Å²) in [6.45, 7) is 5.55. The molecule has 1 aromatic carbocycles. The number of ether oxygens (including phenoxy) is 2. The highest BCUT2D eigenvalue weighted by Gasteiger charge is 2.25. The standard InChI is InChI=1S/C22H34N4O3.HI/c1-23-22(25-12-9-18(16-25)17-29-15-14-28-2)24-11-5-8-21(27)26-13-10-19-6-3-4-7-20(19)26;/h3-4,6-7,18H,5,8-17H2,1-2H3,(H,23,24);1H. The lowest BCUT2D eigenvalue weighted by atomic mass is 10.1. The number of hydrogen-bond acceptors (Lipinski definition) is 4.